The van der Waals surface area contributed by atoms with Crippen molar-refractivity contribution in [1.29, 1.82) is 0 Å². The van der Waals surface area contributed by atoms with E-state index >= 15 is 0 Å². The van der Waals surface area contributed by atoms with Gasteiger partial charge in [0.15, 0.2) is 5.69 Å². The summed E-state index contributed by atoms with van der Waals surface area (Å²) in [6, 6.07) is 7.26. The second-order valence-electron chi connectivity index (χ2n) is 4.13. The van der Waals surface area contributed by atoms with Gasteiger partial charge in [-0.15, -0.1) is 20.4 Å². The molecule has 0 aliphatic heterocycles. The zero-order valence-corrected chi connectivity index (χ0v) is 10.5. The van der Waals surface area contributed by atoms with Gasteiger partial charge in [0.05, 0.1) is 5.52 Å². The van der Waals surface area contributed by atoms with E-state index in [0.717, 1.165) is 10.9 Å². The molecule has 0 saturated heterocycles. The SMILES string of the molecule is Cc1nnc(N=Nc2c(O)[nH]c3ccccc23)[nH]c1=O. The summed E-state index contributed by atoms with van der Waals surface area (Å²) in [5.74, 6) is -0.123. The van der Waals surface area contributed by atoms with Crippen LogP contribution in [0.25, 0.3) is 10.9 Å². The van der Waals surface area contributed by atoms with E-state index in [-0.39, 0.29) is 28.8 Å². The van der Waals surface area contributed by atoms with E-state index in [2.05, 4.69) is 30.4 Å². The van der Waals surface area contributed by atoms with E-state index in [1.165, 1.54) is 6.92 Å². The Hall–Kier alpha value is -3.03. The minimum absolute atomic E-state index is 0.0229. The molecule has 0 atom stereocenters. The Labute approximate surface area is 112 Å². The molecule has 2 heterocycles. The molecule has 8 heteroatoms. The predicted octanol–water partition coefficient (Wildman–Crippen LogP) is 2.08. The van der Waals surface area contributed by atoms with Crippen LogP contribution in [-0.4, -0.2) is 25.3 Å². The number of hydrogen-bond acceptors (Lipinski definition) is 6. The van der Waals surface area contributed by atoms with Crippen molar-refractivity contribution in [1.82, 2.24) is 20.2 Å². The van der Waals surface area contributed by atoms with Crippen LogP contribution in [0.1, 0.15) is 5.69 Å². The Morgan fingerprint density at radius 3 is 2.75 bits per heavy atom. The predicted molar refractivity (Wildman–Crippen MR) is 71.5 cm³/mol. The number of rotatable bonds is 2. The molecule has 8 nitrogen and oxygen atoms in total. The number of para-hydroxylation sites is 1. The normalized spacial score (nSPS) is 11.4. The molecule has 0 aliphatic rings. The molecule has 0 spiro atoms. The highest BCUT2D eigenvalue weighted by molar-refractivity contribution is 5.93. The number of aromatic hydroxyl groups is 1. The second-order valence-corrected chi connectivity index (χ2v) is 4.13. The number of benzene rings is 1. The Morgan fingerprint density at radius 2 is 1.95 bits per heavy atom. The first-order valence-corrected chi connectivity index (χ1v) is 5.80. The summed E-state index contributed by atoms with van der Waals surface area (Å²) >= 11 is 0. The van der Waals surface area contributed by atoms with Crippen LogP contribution < -0.4 is 5.56 Å². The van der Waals surface area contributed by atoms with Crippen molar-refractivity contribution >= 4 is 22.5 Å². The summed E-state index contributed by atoms with van der Waals surface area (Å²) in [7, 11) is 0. The van der Waals surface area contributed by atoms with Crippen LogP contribution in [-0.2, 0) is 0 Å². The van der Waals surface area contributed by atoms with Gasteiger partial charge < -0.3 is 10.1 Å². The maximum atomic E-state index is 11.4. The summed E-state index contributed by atoms with van der Waals surface area (Å²) < 4.78 is 0. The number of nitrogens with one attached hydrogen (secondary N) is 2. The molecule has 0 bridgehead atoms. The summed E-state index contributed by atoms with van der Waals surface area (Å²) in [4.78, 5) is 16.6. The highest BCUT2D eigenvalue weighted by atomic mass is 16.3. The lowest BCUT2D eigenvalue weighted by atomic mass is 10.2. The minimum atomic E-state index is -0.378. The first kappa shape index (κ1) is 12.0. The molecule has 100 valence electrons. The zero-order valence-electron chi connectivity index (χ0n) is 10.5. The fourth-order valence-corrected chi connectivity index (χ4v) is 1.74. The second kappa shape index (κ2) is 4.57. The summed E-state index contributed by atoms with van der Waals surface area (Å²) in [6.45, 7) is 1.54. The molecular formula is C12H10N6O2. The maximum Gasteiger partial charge on any atom is 0.274 e. The molecule has 3 N–H and O–H groups in total. The molecule has 3 rings (SSSR count). The van der Waals surface area contributed by atoms with Crippen molar-refractivity contribution in [2.75, 3.05) is 0 Å². The van der Waals surface area contributed by atoms with E-state index in [1.54, 1.807) is 6.07 Å². The van der Waals surface area contributed by atoms with E-state index in [4.69, 9.17) is 0 Å². The van der Waals surface area contributed by atoms with Crippen LogP contribution in [0, 0.1) is 6.92 Å². The van der Waals surface area contributed by atoms with Gasteiger partial charge in [-0.05, 0) is 13.0 Å². The Kier molecular flexibility index (Phi) is 2.75. The molecule has 1 aromatic carbocycles. The third kappa shape index (κ3) is 2.03. The van der Waals surface area contributed by atoms with Crippen molar-refractivity contribution in [3.8, 4) is 5.88 Å². The number of aromatic amines is 2. The van der Waals surface area contributed by atoms with Crippen LogP contribution >= 0.6 is 0 Å². The first-order valence-electron chi connectivity index (χ1n) is 5.80. The molecule has 0 aliphatic carbocycles. The van der Waals surface area contributed by atoms with Gasteiger partial charge in [0.2, 0.25) is 5.88 Å². The van der Waals surface area contributed by atoms with E-state index < -0.39 is 0 Å². The molecule has 0 radical (unpaired) electrons. The topological polar surface area (TPSA) is 119 Å². The smallest absolute Gasteiger partial charge is 0.274 e. The van der Waals surface area contributed by atoms with Gasteiger partial charge >= 0.3 is 0 Å². The van der Waals surface area contributed by atoms with Gasteiger partial charge in [0.1, 0.15) is 5.69 Å². The highest BCUT2D eigenvalue weighted by Gasteiger charge is 2.09. The van der Waals surface area contributed by atoms with Gasteiger partial charge in [-0.1, -0.05) is 18.2 Å². The molecule has 3 aromatic rings. The third-order valence-corrected chi connectivity index (χ3v) is 2.75. The average Bonchev–Trinajstić information content (AvgIpc) is 2.76. The van der Waals surface area contributed by atoms with Gasteiger partial charge in [0.25, 0.3) is 11.5 Å². The number of H-pyrrole nitrogens is 2. The minimum Gasteiger partial charge on any atom is -0.493 e. The standard InChI is InChI=1S/C12H10N6O2/c1-6-10(19)14-12(17-15-6)18-16-9-7-4-2-3-5-8(7)13-11(9)20/h2-5,13,20H,1H3,(H,14,17,19). The van der Waals surface area contributed by atoms with Crippen molar-refractivity contribution in [2.24, 2.45) is 10.2 Å². The number of aromatic nitrogens is 4. The fourth-order valence-electron chi connectivity index (χ4n) is 1.74. The van der Waals surface area contributed by atoms with Crippen molar-refractivity contribution in [3.63, 3.8) is 0 Å². The number of nitrogens with zero attached hydrogens (tertiary/aromatic N) is 4. The molecular weight excluding hydrogens is 260 g/mol. The molecule has 20 heavy (non-hydrogen) atoms. The number of azo groups is 1. The molecule has 0 amide bonds. The van der Waals surface area contributed by atoms with Crippen molar-refractivity contribution in [3.05, 3.63) is 40.3 Å². The molecule has 0 fully saturated rings. The average molecular weight is 270 g/mol. The van der Waals surface area contributed by atoms with Crippen LogP contribution in [0.4, 0.5) is 11.6 Å². The fraction of sp³-hybridized carbons (Fsp3) is 0.0833. The molecule has 0 unspecified atom stereocenters. The Bertz CT molecular complexity index is 864. The third-order valence-electron chi connectivity index (χ3n) is 2.75. The largest absolute Gasteiger partial charge is 0.493 e. The van der Waals surface area contributed by atoms with Crippen LogP contribution in [0.2, 0.25) is 0 Å². The van der Waals surface area contributed by atoms with Crippen molar-refractivity contribution in [2.45, 2.75) is 6.92 Å². The summed E-state index contributed by atoms with van der Waals surface area (Å²) in [5.41, 5.74) is 0.891. The number of aryl methyl sites for hydroxylation is 1. The van der Waals surface area contributed by atoms with E-state index in [0.29, 0.717) is 0 Å². The Balaban J connectivity index is 2.04. The van der Waals surface area contributed by atoms with E-state index in [9.17, 15) is 9.90 Å². The van der Waals surface area contributed by atoms with Gasteiger partial charge in [-0.2, -0.15) is 0 Å². The number of hydrogen-bond donors (Lipinski definition) is 3. The lowest BCUT2D eigenvalue weighted by Gasteiger charge is -1.92. The van der Waals surface area contributed by atoms with Crippen LogP contribution in [0.5, 0.6) is 5.88 Å². The van der Waals surface area contributed by atoms with Crippen molar-refractivity contribution < 1.29 is 5.11 Å². The van der Waals surface area contributed by atoms with E-state index in [1.807, 2.05) is 18.2 Å². The quantitative estimate of drug-likeness (QED) is 0.617. The zero-order chi connectivity index (χ0) is 14.1. The van der Waals surface area contributed by atoms with Gasteiger partial charge in [0, 0.05) is 5.39 Å². The van der Waals surface area contributed by atoms with Crippen LogP contribution in [0.15, 0.2) is 39.3 Å². The van der Waals surface area contributed by atoms with Gasteiger partial charge in [-0.25, -0.2) is 0 Å². The van der Waals surface area contributed by atoms with Crippen LogP contribution in [0.3, 0.4) is 0 Å². The molecule has 2 aromatic heterocycles. The maximum absolute atomic E-state index is 11.4. The lowest BCUT2D eigenvalue weighted by molar-refractivity contribution is 0.459. The summed E-state index contributed by atoms with van der Waals surface area (Å²) in [6.07, 6.45) is 0. The van der Waals surface area contributed by atoms with Gasteiger partial charge in [-0.3, -0.25) is 9.78 Å². The number of fused-ring (bicyclic) bond motifs is 1. The monoisotopic (exact) mass is 270 g/mol. The lowest BCUT2D eigenvalue weighted by Crippen LogP contribution is -2.12. The Morgan fingerprint density at radius 1 is 1.15 bits per heavy atom. The summed E-state index contributed by atoms with van der Waals surface area (Å²) in [5, 5.41) is 25.5. The molecule has 0 saturated carbocycles. The first-order chi connectivity index (χ1) is 9.65. The highest BCUT2D eigenvalue weighted by Crippen LogP contribution is 2.35.